The molecular formula is C17H11F5N2O. The van der Waals surface area contributed by atoms with Gasteiger partial charge in [0.2, 0.25) is 0 Å². The number of methoxy groups -OCH3 is 1. The second-order valence-corrected chi connectivity index (χ2v) is 5.18. The number of nitrogens with zero attached hydrogens (tertiary/aromatic N) is 1. The third kappa shape index (κ3) is 3.33. The maximum atomic E-state index is 14.0. The summed E-state index contributed by atoms with van der Waals surface area (Å²) in [4.78, 5) is 4.01. The van der Waals surface area contributed by atoms with Crippen LogP contribution in [0.5, 0.6) is 5.75 Å². The molecule has 0 aliphatic carbocycles. The Kier molecular flexibility index (Phi) is 4.20. The molecule has 3 aromatic rings. The summed E-state index contributed by atoms with van der Waals surface area (Å²) in [6.45, 7) is 0. The molecule has 130 valence electrons. The largest absolute Gasteiger partial charge is 0.494 e. The highest BCUT2D eigenvalue weighted by Gasteiger charge is 2.31. The van der Waals surface area contributed by atoms with E-state index in [-0.39, 0.29) is 17.0 Å². The van der Waals surface area contributed by atoms with Crippen LogP contribution in [0.4, 0.5) is 33.3 Å². The fraction of sp³-hybridized carbons (Fsp3) is 0.118. The van der Waals surface area contributed by atoms with Gasteiger partial charge in [-0.05, 0) is 30.3 Å². The summed E-state index contributed by atoms with van der Waals surface area (Å²) in [5.74, 6) is -1.70. The quantitative estimate of drug-likeness (QED) is 0.650. The summed E-state index contributed by atoms with van der Waals surface area (Å²) >= 11 is 0. The summed E-state index contributed by atoms with van der Waals surface area (Å²) in [5.41, 5.74) is -0.597. The number of hydrogen-bond acceptors (Lipinski definition) is 3. The van der Waals surface area contributed by atoms with E-state index in [4.69, 9.17) is 4.74 Å². The number of alkyl halides is 3. The Hall–Kier alpha value is -2.90. The van der Waals surface area contributed by atoms with Crippen molar-refractivity contribution in [3.8, 4) is 5.75 Å². The maximum Gasteiger partial charge on any atom is 0.416 e. The van der Waals surface area contributed by atoms with Gasteiger partial charge in [-0.3, -0.25) is 4.98 Å². The summed E-state index contributed by atoms with van der Waals surface area (Å²) in [7, 11) is 1.29. The molecule has 3 rings (SSSR count). The van der Waals surface area contributed by atoms with Crippen LogP contribution in [0.15, 0.2) is 42.6 Å². The number of aromatic nitrogens is 1. The van der Waals surface area contributed by atoms with Crippen LogP contribution < -0.4 is 10.1 Å². The third-order valence-electron chi connectivity index (χ3n) is 3.58. The van der Waals surface area contributed by atoms with Crippen LogP contribution in [0.2, 0.25) is 0 Å². The van der Waals surface area contributed by atoms with Gasteiger partial charge in [0.15, 0.2) is 11.6 Å². The molecule has 8 heteroatoms. The van der Waals surface area contributed by atoms with Crippen LogP contribution in [0.3, 0.4) is 0 Å². The second-order valence-electron chi connectivity index (χ2n) is 5.18. The number of anilines is 2. The molecule has 0 aliphatic rings. The normalized spacial score (nSPS) is 11.6. The topological polar surface area (TPSA) is 34.1 Å². The molecule has 1 N–H and O–H groups in total. The summed E-state index contributed by atoms with van der Waals surface area (Å²) in [6, 6.07) is 6.20. The fourth-order valence-electron chi connectivity index (χ4n) is 2.35. The van der Waals surface area contributed by atoms with Crippen molar-refractivity contribution in [3.63, 3.8) is 0 Å². The van der Waals surface area contributed by atoms with Gasteiger partial charge >= 0.3 is 6.18 Å². The summed E-state index contributed by atoms with van der Waals surface area (Å²) < 4.78 is 70.5. The first-order valence-corrected chi connectivity index (χ1v) is 7.05. The first-order valence-electron chi connectivity index (χ1n) is 7.05. The van der Waals surface area contributed by atoms with Gasteiger partial charge in [-0.1, -0.05) is 0 Å². The lowest BCUT2D eigenvalue weighted by atomic mass is 10.1. The van der Waals surface area contributed by atoms with Crippen LogP contribution in [0, 0.1) is 11.6 Å². The molecule has 25 heavy (non-hydrogen) atoms. The molecule has 0 saturated heterocycles. The average Bonchev–Trinajstić information content (AvgIpc) is 2.55. The Morgan fingerprint density at radius 3 is 2.36 bits per heavy atom. The van der Waals surface area contributed by atoms with Crippen molar-refractivity contribution in [2.75, 3.05) is 12.4 Å². The Labute approximate surface area is 139 Å². The van der Waals surface area contributed by atoms with Crippen LogP contribution in [-0.2, 0) is 6.18 Å². The van der Waals surface area contributed by atoms with Crippen molar-refractivity contribution in [3.05, 3.63) is 59.8 Å². The molecule has 0 unspecified atom stereocenters. The van der Waals surface area contributed by atoms with Gasteiger partial charge in [0, 0.05) is 23.3 Å². The number of pyridine rings is 1. The Morgan fingerprint density at radius 1 is 0.960 bits per heavy atom. The van der Waals surface area contributed by atoms with E-state index in [1.54, 1.807) is 0 Å². The molecule has 1 aromatic heterocycles. The standard InChI is InChI=1S/C17H11F5N2O/c1-25-16-7-10-13(4-5-23-15(10)8-12(16)19)24-14-3-2-9(6-11(14)18)17(20,21)22/h2-8H,1H3,(H,23,24). The van der Waals surface area contributed by atoms with Crippen molar-refractivity contribution in [1.82, 2.24) is 4.98 Å². The lowest BCUT2D eigenvalue weighted by Gasteiger charge is -2.13. The fourth-order valence-corrected chi connectivity index (χ4v) is 2.35. The van der Waals surface area contributed by atoms with E-state index in [1.165, 1.54) is 25.4 Å². The van der Waals surface area contributed by atoms with Gasteiger partial charge in [-0.25, -0.2) is 8.78 Å². The number of hydrogen-bond donors (Lipinski definition) is 1. The van der Waals surface area contributed by atoms with E-state index >= 15 is 0 Å². The van der Waals surface area contributed by atoms with E-state index in [0.29, 0.717) is 17.1 Å². The van der Waals surface area contributed by atoms with E-state index in [1.807, 2.05) is 0 Å². The van der Waals surface area contributed by atoms with Crippen LogP contribution in [-0.4, -0.2) is 12.1 Å². The highest BCUT2D eigenvalue weighted by molar-refractivity contribution is 5.93. The minimum absolute atomic E-state index is 0.0311. The molecule has 0 aliphatic heterocycles. The molecule has 0 atom stereocenters. The second kappa shape index (κ2) is 6.19. The Morgan fingerprint density at radius 2 is 1.72 bits per heavy atom. The monoisotopic (exact) mass is 354 g/mol. The van der Waals surface area contributed by atoms with Gasteiger partial charge in [-0.15, -0.1) is 0 Å². The number of halogens is 5. The lowest BCUT2D eigenvalue weighted by molar-refractivity contribution is -0.137. The molecule has 0 fully saturated rings. The van der Waals surface area contributed by atoms with Gasteiger partial charge in [0.05, 0.1) is 23.9 Å². The minimum Gasteiger partial charge on any atom is -0.494 e. The molecule has 0 saturated carbocycles. The zero-order chi connectivity index (χ0) is 18.2. The lowest BCUT2D eigenvalue weighted by Crippen LogP contribution is -2.06. The number of rotatable bonds is 3. The Bertz CT molecular complexity index is 940. The predicted octanol–water partition coefficient (Wildman–Crippen LogP) is 5.28. The molecule has 0 amide bonds. The van der Waals surface area contributed by atoms with Crippen LogP contribution >= 0.6 is 0 Å². The van der Waals surface area contributed by atoms with Crippen LogP contribution in [0.25, 0.3) is 10.9 Å². The number of fused-ring (bicyclic) bond motifs is 1. The molecule has 3 nitrogen and oxygen atoms in total. The minimum atomic E-state index is -4.63. The molecule has 0 radical (unpaired) electrons. The summed E-state index contributed by atoms with van der Waals surface area (Å²) in [5, 5.41) is 3.13. The first-order chi connectivity index (χ1) is 11.8. The van der Waals surface area contributed by atoms with Crippen molar-refractivity contribution < 1.29 is 26.7 Å². The van der Waals surface area contributed by atoms with Crippen molar-refractivity contribution >= 4 is 22.3 Å². The predicted molar refractivity (Wildman–Crippen MR) is 82.9 cm³/mol. The zero-order valence-corrected chi connectivity index (χ0v) is 12.8. The van der Waals surface area contributed by atoms with E-state index in [2.05, 4.69) is 10.3 Å². The van der Waals surface area contributed by atoms with Crippen molar-refractivity contribution in [1.29, 1.82) is 0 Å². The molecular weight excluding hydrogens is 343 g/mol. The van der Waals surface area contributed by atoms with Crippen molar-refractivity contribution in [2.45, 2.75) is 6.18 Å². The molecule has 2 aromatic carbocycles. The van der Waals surface area contributed by atoms with Crippen LogP contribution in [0.1, 0.15) is 5.56 Å². The molecule has 0 bridgehead atoms. The number of ether oxygens (including phenoxy) is 1. The van der Waals surface area contributed by atoms with E-state index in [9.17, 15) is 22.0 Å². The highest BCUT2D eigenvalue weighted by atomic mass is 19.4. The van der Waals surface area contributed by atoms with Gasteiger partial charge in [-0.2, -0.15) is 13.2 Å². The van der Waals surface area contributed by atoms with Crippen molar-refractivity contribution in [2.24, 2.45) is 0 Å². The average molecular weight is 354 g/mol. The number of nitrogens with one attached hydrogen (secondary N) is 1. The zero-order valence-electron chi connectivity index (χ0n) is 12.8. The summed E-state index contributed by atoms with van der Waals surface area (Å²) in [6.07, 6.45) is -3.26. The first kappa shape index (κ1) is 16.9. The van der Waals surface area contributed by atoms with E-state index < -0.39 is 23.4 Å². The molecule has 1 heterocycles. The van der Waals surface area contributed by atoms with Gasteiger partial charge < -0.3 is 10.1 Å². The van der Waals surface area contributed by atoms with Gasteiger partial charge in [0.25, 0.3) is 0 Å². The SMILES string of the molecule is COc1cc2c(Nc3ccc(C(F)(F)F)cc3F)ccnc2cc1F. The smallest absolute Gasteiger partial charge is 0.416 e. The Balaban J connectivity index is 2.04. The van der Waals surface area contributed by atoms with Gasteiger partial charge in [0.1, 0.15) is 5.82 Å². The molecule has 0 spiro atoms. The third-order valence-corrected chi connectivity index (χ3v) is 3.58. The highest BCUT2D eigenvalue weighted by Crippen LogP contribution is 2.34. The maximum absolute atomic E-state index is 14.0. The number of benzene rings is 2. The van der Waals surface area contributed by atoms with E-state index in [0.717, 1.165) is 18.2 Å².